The van der Waals surface area contributed by atoms with Gasteiger partial charge in [0.1, 0.15) is 23.6 Å². The van der Waals surface area contributed by atoms with Gasteiger partial charge in [-0.25, -0.2) is 4.79 Å². The average Bonchev–Trinajstić information content (AvgIpc) is 2.92. The molecule has 2 aromatic rings. The number of nitrogens with one attached hydrogen (secondary N) is 1. The zero-order valence-electron chi connectivity index (χ0n) is 17.9. The standard InChI is InChI=1S/C24H27N3O4/c1-17-7-6-8-20(15-17)31-19-11-9-18(10-12-19)25-21(28)16-27-22(29)24(26(2)23(27)30)13-4-3-5-14-24/h6-12,15H,3-5,13-14,16H2,1-2H3,(H,25,28). The average molecular weight is 421 g/mol. The second kappa shape index (κ2) is 8.41. The Hall–Kier alpha value is -3.35. The molecule has 0 bridgehead atoms. The fourth-order valence-electron chi connectivity index (χ4n) is 4.44. The third kappa shape index (κ3) is 4.13. The van der Waals surface area contributed by atoms with Crippen LogP contribution in [-0.2, 0) is 9.59 Å². The van der Waals surface area contributed by atoms with Gasteiger partial charge in [-0.05, 0) is 61.7 Å². The largest absolute Gasteiger partial charge is 0.457 e. The number of hydrogen-bond acceptors (Lipinski definition) is 4. The van der Waals surface area contributed by atoms with Crippen molar-refractivity contribution < 1.29 is 19.1 Å². The minimum Gasteiger partial charge on any atom is -0.457 e. The molecule has 1 N–H and O–H groups in total. The van der Waals surface area contributed by atoms with Crippen molar-refractivity contribution in [3.05, 3.63) is 54.1 Å². The fourth-order valence-corrected chi connectivity index (χ4v) is 4.44. The molecule has 2 aliphatic rings. The lowest BCUT2D eigenvalue weighted by Gasteiger charge is -2.35. The Kier molecular flexibility index (Phi) is 5.67. The molecule has 4 amide bonds. The third-order valence-corrected chi connectivity index (χ3v) is 6.15. The van der Waals surface area contributed by atoms with Gasteiger partial charge in [0.25, 0.3) is 5.91 Å². The number of imide groups is 1. The summed E-state index contributed by atoms with van der Waals surface area (Å²) in [7, 11) is 1.66. The summed E-state index contributed by atoms with van der Waals surface area (Å²) in [5.41, 5.74) is 0.902. The third-order valence-electron chi connectivity index (χ3n) is 6.15. The Morgan fingerprint density at radius 1 is 1.03 bits per heavy atom. The highest BCUT2D eigenvalue weighted by Crippen LogP contribution is 2.39. The number of anilines is 1. The first kappa shape index (κ1) is 20.9. The molecule has 0 atom stereocenters. The molecule has 162 valence electrons. The summed E-state index contributed by atoms with van der Waals surface area (Å²) in [6.07, 6.45) is 4.23. The first-order chi connectivity index (χ1) is 14.9. The smallest absolute Gasteiger partial charge is 0.327 e. The van der Waals surface area contributed by atoms with Crippen LogP contribution in [0.15, 0.2) is 48.5 Å². The number of benzene rings is 2. The van der Waals surface area contributed by atoms with Crippen molar-refractivity contribution in [3.63, 3.8) is 0 Å². The number of amides is 4. The van der Waals surface area contributed by atoms with E-state index in [9.17, 15) is 14.4 Å². The molecule has 1 heterocycles. The van der Waals surface area contributed by atoms with Crippen LogP contribution in [0.5, 0.6) is 11.5 Å². The van der Waals surface area contributed by atoms with Gasteiger partial charge in [-0.15, -0.1) is 0 Å². The zero-order chi connectivity index (χ0) is 22.0. The van der Waals surface area contributed by atoms with Crippen molar-refractivity contribution in [2.75, 3.05) is 18.9 Å². The summed E-state index contributed by atoms with van der Waals surface area (Å²) in [4.78, 5) is 40.8. The Morgan fingerprint density at radius 2 is 1.74 bits per heavy atom. The minimum atomic E-state index is -0.773. The van der Waals surface area contributed by atoms with Gasteiger partial charge in [0.15, 0.2) is 0 Å². The van der Waals surface area contributed by atoms with Crippen LogP contribution in [0.4, 0.5) is 10.5 Å². The summed E-state index contributed by atoms with van der Waals surface area (Å²) in [6.45, 7) is 1.71. The molecule has 31 heavy (non-hydrogen) atoms. The van der Waals surface area contributed by atoms with E-state index >= 15 is 0 Å². The second-order valence-electron chi connectivity index (χ2n) is 8.32. The zero-order valence-corrected chi connectivity index (χ0v) is 17.9. The van der Waals surface area contributed by atoms with E-state index < -0.39 is 17.5 Å². The lowest BCUT2D eigenvalue weighted by Crippen LogP contribution is -2.49. The molecule has 7 nitrogen and oxygen atoms in total. The molecule has 1 aliphatic heterocycles. The number of urea groups is 1. The van der Waals surface area contributed by atoms with E-state index in [1.165, 1.54) is 4.90 Å². The van der Waals surface area contributed by atoms with Crippen LogP contribution in [-0.4, -0.2) is 46.8 Å². The Morgan fingerprint density at radius 3 is 2.42 bits per heavy atom. The van der Waals surface area contributed by atoms with Crippen LogP contribution in [0.1, 0.15) is 37.7 Å². The molecule has 1 saturated heterocycles. The monoisotopic (exact) mass is 421 g/mol. The van der Waals surface area contributed by atoms with Gasteiger partial charge in [-0.2, -0.15) is 0 Å². The number of likely N-dealkylation sites (N-methyl/N-ethyl adjacent to an activating group) is 1. The van der Waals surface area contributed by atoms with Gasteiger partial charge in [-0.3, -0.25) is 14.5 Å². The molecule has 2 fully saturated rings. The lowest BCUT2D eigenvalue weighted by molar-refractivity contribution is -0.136. The van der Waals surface area contributed by atoms with Crippen LogP contribution in [0.3, 0.4) is 0 Å². The maximum atomic E-state index is 13.0. The summed E-state index contributed by atoms with van der Waals surface area (Å²) in [5.74, 6) is 0.727. The van der Waals surface area contributed by atoms with E-state index in [4.69, 9.17) is 4.74 Å². The van der Waals surface area contributed by atoms with E-state index in [1.807, 2.05) is 31.2 Å². The van der Waals surface area contributed by atoms with Gasteiger partial charge >= 0.3 is 6.03 Å². The molecule has 0 aromatic heterocycles. The summed E-state index contributed by atoms with van der Waals surface area (Å²) in [5, 5.41) is 2.76. The highest BCUT2D eigenvalue weighted by Gasteiger charge is 2.55. The topological polar surface area (TPSA) is 79.0 Å². The molecule has 1 spiro atoms. The van der Waals surface area contributed by atoms with Crippen LogP contribution in [0.25, 0.3) is 0 Å². The van der Waals surface area contributed by atoms with Crippen molar-refractivity contribution in [1.82, 2.24) is 9.80 Å². The number of carbonyl (C=O) groups is 3. The number of carbonyl (C=O) groups excluding carboxylic acids is 3. The number of hydrogen-bond donors (Lipinski definition) is 1. The molecule has 1 aliphatic carbocycles. The van der Waals surface area contributed by atoms with Crippen molar-refractivity contribution in [3.8, 4) is 11.5 Å². The fraction of sp³-hybridized carbons (Fsp3) is 0.375. The molecule has 0 unspecified atom stereocenters. The molecule has 4 rings (SSSR count). The van der Waals surface area contributed by atoms with Crippen molar-refractivity contribution in [1.29, 1.82) is 0 Å². The van der Waals surface area contributed by atoms with Crippen LogP contribution in [0, 0.1) is 6.92 Å². The van der Waals surface area contributed by atoms with Gasteiger partial charge < -0.3 is 15.0 Å². The Bertz CT molecular complexity index is 996. The van der Waals surface area contributed by atoms with Gasteiger partial charge in [0, 0.05) is 12.7 Å². The van der Waals surface area contributed by atoms with Crippen LogP contribution < -0.4 is 10.1 Å². The predicted molar refractivity (Wildman–Crippen MR) is 117 cm³/mol. The number of ether oxygens (including phenoxy) is 1. The van der Waals surface area contributed by atoms with Gasteiger partial charge in [-0.1, -0.05) is 31.4 Å². The lowest BCUT2D eigenvalue weighted by atomic mass is 9.81. The van der Waals surface area contributed by atoms with Crippen LogP contribution in [0.2, 0.25) is 0 Å². The first-order valence-corrected chi connectivity index (χ1v) is 10.6. The van der Waals surface area contributed by atoms with Crippen molar-refractivity contribution >= 4 is 23.5 Å². The second-order valence-corrected chi connectivity index (χ2v) is 8.32. The molecular formula is C24H27N3O4. The molecule has 2 aromatic carbocycles. The normalized spacial score (nSPS) is 17.9. The molecule has 7 heteroatoms. The quantitative estimate of drug-likeness (QED) is 0.729. The van der Waals surface area contributed by atoms with E-state index in [0.717, 1.165) is 35.5 Å². The first-order valence-electron chi connectivity index (χ1n) is 10.6. The van der Waals surface area contributed by atoms with E-state index in [0.29, 0.717) is 24.3 Å². The van der Waals surface area contributed by atoms with Crippen LogP contribution >= 0.6 is 0 Å². The highest BCUT2D eigenvalue weighted by molar-refractivity contribution is 6.10. The van der Waals surface area contributed by atoms with E-state index in [2.05, 4.69) is 5.32 Å². The summed E-state index contributed by atoms with van der Waals surface area (Å²) >= 11 is 0. The number of rotatable bonds is 5. The van der Waals surface area contributed by atoms with Crippen molar-refractivity contribution in [2.45, 2.75) is 44.6 Å². The minimum absolute atomic E-state index is 0.253. The predicted octanol–water partition coefficient (Wildman–Crippen LogP) is 4.32. The van der Waals surface area contributed by atoms with Gasteiger partial charge in [0.05, 0.1) is 0 Å². The van der Waals surface area contributed by atoms with E-state index in [-0.39, 0.29) is 12.5 Å². The summed E-state index contributed by atoms with van der Waals surface area (Å²) in [6, 6.07) is 14.3. The maximum absolute atomic E-state index is 13.0. The highest BCUT2D eigenvalue weighted by atomic mass is 16.5. The Balaban J connectivity index is 1.37. The summed E-state index contributed by atoms with van der Waals surface area (Å²) < 4.78 is 5.81. The maximum Gasteiger partial charge on any atom is 0.327 e. The molecule has 1 saturated carbocycles. The van der Waals surface area contributed by atoms with E-state index in [1.54, 1.807) is 31.3 Å². The number of nitrogens with zero attached hydrogens (tertiary/aromatic N) is 2. The SMILES string of the molecule is Cc1cccc(Oc2ccc(NC(=O)CN3C(=O)N(C)C4(CCCCC4)C3=O)cc2)c1. The Labute approximate surface area is 182 Å². The van der Waals surface area contributed by atoms with Crippen molar-refractivity contribution in [2.24, 2.45) is 0 Å². The molecule has 0 radical (unpaired) electrons. The molecular weight excluding hydrogens is 394 g/mol. The number of aryl methyl sites for hydroxylation is 1. The van der Waals surface area contributed by atoms with Gasteiger partial charge in [0.2, 0.25) is 5.91 Å².